The largest absolute Gasteiger partial charge is 0.449 e. The van der Waals surface area contributed by atoms with E-state index in [1.54, 1.807) is 25.2 Å². The molecule has 0 saturated heterocycles. The Labute approximate surface area is 120 Å². The fourth-order valence-electron chi connectivity index (χ4n) is 1.83. The van der Waals surface area contributed by atoms with E-state index in [-0.39, 0.29) is 22.6 Å². The van der Waals surface area contributed by atoms with Crippen LogP contribution < -0.4 is 4.74 Å². The molecule has 0 amide bonds. The third-order valence-corrected chi connectivity index (χ3v) is 2.63. The van der Waals surface area contributed by atoms with Crippen molar-refractivity contribution in [1.82, 2.24) is 4.90 Å². The molecule has 7 nitrogen and oxygen atoms in total. The van der Waals surface area contributed by atoms with Gasteiger partial charge in [-0.2, -0.15) is 0 Å². The average molecular weight is 290 g/mol. The summed E-state index contributed by atoms with van der Waals surface area (Å²) in [7, 11) is 3.59. The molecule has 21 heavy (non-hydrogen) atoms. The number of furan rings is 1. The Balaban J connectivity index is 2.58. The van der Waals surface area contributed by atoms with Crippen molar-refractivity contribution in [3.05, 3.63) is 40.3 Å². The minimum absolute atomic E-state index is 0.142. The van der Waals surface area contributed by atoms with Crippen LogP contribution in [-0.2, 0) is 4.79 Å². The molecule has 0 unspecified atom stereocenters. The van der Waals surface area contributed by atoms with Gasteiger partial charge in [-0.3, -0.25) is 14.9 Å². The van der Waals surface area contributed by atoms with Crippen LogP contribution in [0.4, 0.5) is 5.69 Å². The van der Waals surface area contributed by atoms with Crippen LogP contribution in [0.15, 0.2) is 28.8 Å². The number of nitro groups is 1. The van der Waals surface area contributed by atoms with Gasteiger partial charge in [-0.05, 0) is 18.2 Å². The summed E-state index contributed by atoms with van der Waals surface area (Å²) >= 11 is 0. The lowest BCUT2D eigenvalue weighted by molar-refractivity contribution is -0.383. The molecule has 2 aromatic rings. The third kappa shape index (κ3) is 3.19. The van der Waals surface area contributed by atoms with Crippen molar-refractivity contribution in [2.24, 2.45) is 0 Å². The maximum Gasteiger partial charge on any atom is 0.322 e. The zero-order chi connectivity index (χ0) is 15.6. The lowest BCUT2D eigenvalue weighted by Crippen LogP contribution is -2.01. The zero-order valence-corrected chi connectivity index (χ0v) is 11.8. The van der Waals surface area contributed by atoms with Gasteiger partial charge in [-0.25, -0.2) is 0 Å². The van der Waals surface area contributed by atoms with Gasteiger partial charge in [0.15, 0.2) is 0 Å². The summed E-state index contributed by atoms with van der Waals surface area (Å²) < 4.78 is 10.4. The van der Waals surface area contributed by atoms with E-state index in [2.05, 4.69) is 0 Å². The van der Waals surface area contributed by atoms with Crippen molar-refractivity contribution in [3.8, 4) is 5.75 Å². The highest BCUT2D eigenvalue weighted by molar-refractivity contribution is 5.92. The van der Waals surface area contributed by atoms with Gasteiger partial charge in [-0.15, -0.1) is 0 Å². The molecule has 0 aliphatic heterocycles. The maximum atomic E-state index is 11.3. The number of hydrogen-bond donors (Lipinski definition) is 0. The van der Waals surface area contributed by atoms with Crippen molar-refractivity contribution in [1.29, 1.82) is 0 Å². The number of nitrogens with zero attached hydrogens (tertiary/aromatic N) is 2. The first kappa shape index (κ1) is 14.6. The Hall–Kier alpha value is -2.83. The Bertz CT molecular complexity index is 730. The Morgan fingerprint density at radius 2 is 2.14 bits per heavy atom. The first-order valence-electron chi connectivity index (χ1n) is 6.12. The van der Waals surface area contributed by atoms with Gasteiger partial charge in [0.1, 0.15) is 16.7 Å². The summed E-state index contributed by atoms with van der Waals surface area (Å²) in [4.78, 5) is 23.4. The number of carbonyl (C=O) groups excluding carboxylic acids is 1. The van der Waals surface area contributed by atoms with Gasteiger partial charge in [-0.1, -0.05) is 0 Å². The number of fused-ring (bicyclic) bond motifs is 1. The molecule has 1 heterocycles. The number of hydrogen-bond acceptors (Lipinski definition) is 6. The van der Waals surface area contributed by atoms with Crippen LogP contribution in [0.2, 0.25) is 0 Å². The van der Waals surface area contributed by atoms with E-state index in [9.17, 15) is 14.9 Å². The summed E-state index contributed by atoms with van der Waals surface area (Å²) in [6.45, 7) is 1.26. The summed E-state index contributed by atoms with van der Waals surface area (Å²) in [5, 5.41) is 11.6. The third-order valence-electron chi connectivity index (χ3n) is 2.63. The topological polar surface area (TPSA) is 85.8 Å². The Morgan fingerprint density at radius 1 is 1.43 bits per heavy atom. The zero-order valence-electron chi connectivity index (χ0n) is 11.8. The van der Waals surface area contributed by atoms with Crippen LogP contribution in [0, 0.1) is 10.1 Å². The SMILES string of the molecule is CC(=O)Oc1ccc2oc(/C=C/N(C)C)c([N+](=O)[O-])c2c1. The van der Waals surface area contributed by atoms with Gasteiger partial charge in [0.25, 0.3) is 0 Å². The van der Waals surface area contributed by atoms with E-state index < -0.39 is 10.9 Å². The molecule has 0 atom stereocenters. The van der Waals surface area contributed by atoms with Gasteiger partial charge < -0.3 is 14.1 Å². The van der Waals surface area contributed by atoms with Crippen molar-refractivity contribution in [3.63, 3.8) is 0 Å². The fraction of sp³-hybridized carbons (Fsp3) is 0.214. The van der Waals surface area contributed by atoms with Crippen LogP contribution >= 0.6 is 0 Å². The van der Waals surface area contributed by atoms with Crippen molar-refractivity contribution in [2.45, 2.75) is 6.92 Å². The molecule has 0 aliphatic rings. The van der Waals surface area contributed by atoms with E-state index in [0.717, 1.165) is 0 Å². The van der Waals surface area contributed by atoms with E-state index >= 15 is 0 Å². The predicted octanol–water partition coefficient (Wildman–Crippen LogP) is 2.80. The Morgan fingerprint density at radius 3 is 2.71 bits per heavy atom. The standard InChI is InChI=1S/C14H14N2O5/c1-9(17)20-10-4-5-12-11(8-10)14(16(18)19)13(21-12)6-7-15(2)3/h4-8H,1-3H3/b7-6+. The van der Waals surface area contributed by atoms with Crippen LogP contribution in [-0.4, -0.2) is 29.9 Å². The number of ether oxygens (including phenoxy) is 1. The highest BCUT2D eigenvalue weighted by Gasteiger charge is 2.23. The minimum Gasteiger partial charge on any atom is -0.449 e. The molecule has 1 aromatic heterocycles. The lowest BCUT2D eigenvalue weighted by atomic mass is 10.2. The highest BCUT2D eigenvalue weighted by Crippen LogP contribution is 2.35. The molecule has 1 aromatic carbocycles. The maximum absolute atomic E-state index is 11.3. The Kier molecular flexibility index (Phi) is 3.93. The van der Waals surface area contributed by atoms with E-state index in [0.29, 0.717) is 5.58 Å². The number of benzene rings is 1. The van der Waals surface area contributed by atoms with E-state index in [1.807, 2.05) is 0 Å². The predicted molar refractivity (Wildman–Crippen MR) is 76.9 cm³/mol. The molecule has 0 bridgehead atoms. The second-order valence-electron chi connectivity index (χ2n) is 4.60. The average Bonchev–Trinajstić information content (AvgIpc) is 2.73. The molecule has 0 N–H and O–H groups in total. The van der Waals surface area contributed by atoms with Crippen LogP contribution in [0.1, 0.15) is 12.7 Å². The molecule has 0 spiro atoms. The fourth-order valence-corrected chi connectivity index (χ4v) is 1.83. The second-order valence-corrected chi connectivity index (χ2v) is 4.60. The van der Waals surface area contributed by atoms with E-state index in [1.165, 1.54) is 31.2 Å². The van der Waals surface area contributed by atoms with Crippen molar-refractivity contribution < 1.29 is 18.9 Å². The lowest BCUT2D eigenvalue weighted by Gasteiger charge is -2.01. The number of esters is 1. The van der Waals surface area contributed by atoms with Crippen molar-refractivity contribution in [2.75, 3.05) is 14.1 Å². The first-order chi connectivity index (χ1) is 9.88. The molecular weight excluding hydrogens is 276 g/mol. The molecule has 2 rings (SSSR count). The minimum atomic E-state index is -0.515. The monoisotopic (exact) mass is 290 g/mol. The van der Waals surface area contributed by atoms with Crippen LogP contribution in [0.5, 0.6) is 5.75 Å². The molecule has 0 aliphatic carbocycles. The normalized spacial score (nSPS) is 11.0. The van der Waals surface area contributed by atoms with Gasteiger partial charge in [0.2, 0.25) is 5.76 Å². The molecular formula is C14H14N2O5. The van der Waals surface area contributed by atoms with Gasteiger partial charge >= 0.3 is 11.7 Å². The highest BCUT2D eigenvalue weighted by atomic mass is 16.6. The van der Waals surface area contributed by atoms with Crippen LogP contribution in [0.25, 0.3) is 17.0 Å². The summed E-state index contributed by atoms with van der Waals surface area (Å²) in [6, 6.07) is 4.48. The molecule has 0 saturated carbocycles. The molecule has 0 fully saturated rings. The number of carbonyl (C=O) groups is 1. The quantitative estimate of drug-likeness (QED) is 0.372. The molecule has 0 radical (unpaired) electrons. The van der Waals surface area contributed by atoms with E-state index in [4.69, 9.17) is 9.15 Å². The molecule has 7 heteroatoms. The first-order valence-corrected chi connectivity index (χ1v) is 6.12. The van der Waals surface area contributed by atoms with Crippen LogP contribution in [0.3, 0.4) is 0 Å². The molecule has 110 valence electrons. The van der Waals surface area contributed by atoms with Gasteiger partial charge in [0.05, 0.1) is 4.92 Å². The summed E-state index contributed by atoms with van der Waals surface area (Å²) in [5.41, 5.74) is 0.202. The summed E-state index contributed by atoms with van der Waals surface area (Å²) in [6.07, 6.45) is 3.17. The smallest absolute Gasteiger partial charge is 0.322 e. The van der Waals surface area contributed by atoms with Crippen molar-refractivity contribution >= 4 is 28.7 Å². The number of rotatable bonds is 4. The summed E-state index contributed by atoms with van der Waals surface area (Å²) in [5.74, 6) is -0.112. The van der Waals surface area contributed by atoms with Gasteiger partial charge in [0, 0.05) is 33.3 Å². The second kappa shape index (κ2) is 5.66.